The highest BCUT2D eigenvalue weighted by Gasteiger charge is 1.92. The van der Waals surface area contributed by atoms with Crippen molar-refractivity contribution in [3.8, 4) is 11.5 Å². The van der Waals surface area contributed by atoms with Crippen molar-refractivity contribution in [2.24, 2.45) is 0 Å². The molecule has 0 aliphatic carbocycles. The molecule has 3 N–H and O–H groups in total. The Morgan fingerprint density at radius 3 is 2.45 bits per heavy atom. The first-order valence-corrected chi connectivity index (χ1v) is 3.39. The summed E-state index contributed by atoms with van der Waals surface area (Å²) in [4.78, 5) is 0. The lowest BCUT2D eigenvalue weighted by molar-refractivity contribution is 0.201. The number of rotatable bonds is 3. The topological polar surface area (TPSA) is 52.4 Å². The van der Waals surface area contributed by atoms with Gasteiger partial charge in [0, 0.05) is 0 Å². The van der Waals surface area contributed by atoms with Gasteiger partial charge < -0.3 is 14.9 Å². The SMILES string of the molecule is Oc1ccc(OCC[OH2+])cc1. The van der Waals surface area contributed by atoms with Crippen molar-refractivity contribution in [1.82, 2.24) is 0 Å². The maximum Gasteiger partial charge on any atom is 0.178 e. The summed E-state index contributed by atoms with van der Waals surface area (Å²) < 4.78 is 5.11. The van der Waals surface area contributed by atoms with Gasteiger partial charge in [0.25, 0.3) is 0 Å². The molecule has 1 aromatic rings. The van der Waals surface area contributed by atoms with Gasteiger partial charge in [0.1, 0.15) is 11.5 Å². The molecule has 1 aromatic carbocycles. The Labute approximate surface area is 64.9 Å². The summed E-state index contributed by atoms with van der Waals surface area (Å²) in [6, 6.07) is 6.45. The lowest BCUT2D eigenvalue weighted by Crippen LogP contribution is -2.00. The van der Waals surface area contributed by atoms with Crippen LogP contribution in [0.5, 0.6) is 11.5 Å². The highest BCUT2D eigenvalue weighted by Crippen LogP contribution is 2.15. The van der Waals surface area contributed by atoms with Crippen LogP contribution in [-0.2, 0) is 0 Å². The molecule has 0 radical (unpaired) electrons. The van der Waals surface area contributed by atoms with Crippen LogP contribution in [0, 0.1) is 0 Å². The first-order valence-electron chi connectivity index (χ1n) is 3.39. The average molecular weight is 155 g/mol. The zero-order chi connectivity index (χ0) is 8.10. The predicted molar refractivity (Wildman–Crippen MR) is 42.1 cm³/mol. The largest absolute Gasteiger partial charge is 0.508 e. The van der Waals surface area contributed by atoms with Crippen molar-refractivity contribution in [2.45, 2.75) is 0 Å². The number of aromatic hydroxyl groups is 1. The quantitative estimate of drug-likeness (QED) is 0.646. The maximum absolute atomic E-state index is 8.89. The Morgan fingerprint density at radius 1 is 1.27 bits per heavy atom. The normalized spacial score (nSPS) is 9.55. The smallest absolute Gasteiger partial charge is 0.178 e. The molecule has 0 heterocycles. The zero-order valence-electron chi connectivity index (χ0n) is 6.08. The van der Waals surface area contributed by atoms with Crippen molar-refractivity contribution >= 4 is 0 Å². The van der Waals surface area contributed by atoms with Crippen LogP contribution in [0.15, 0.2) is 24.3 Å². The molecule has 1 rings (SSSR count). The molecule has 3 nitrogen and oxygen atoms in total. The molecule has 0 saturated heterocycles. The summed E-state index contributed by atoms with van der Waals surface area (Å²) >= 11 is 0. The third-order valence-electron chi connectivity index (χ3n) is 1.21. The number of phenolic OH excluding ortho intramolecular Hbond substituents is 1. The summed E-state index contributed by atoms with van der Waals surface area (Å²) in [5, 5.41) is 15.7. The van der Waals surface area contributed by atoms with E-state index in [0.717, 1.165) is 0 Å². The van der Waals surface area contributed by atoms with Crippen molar-refractivity contribution < 1.29 is 14.9 Å². The molecule has 0 aliphatic heterocycles. The molecule has 60 valence electrons. The van der Waals surface area contributed by atoms with E-state index in [1.807, 2.05) is 0 Å². The van der Waals surface area contributed by atoms with Crippen LogP contribution in [0.2, 0.25) is 0 Å². The standard InChI is InChI=1S/C8H10O3/c9-5-6-11-8-3-1-7(10)2-4-8/h1-4,9-10H,5-6H2/p+1. The molecule has 0 spiro atoms. The molecular weight excluding hydrogens is 144 g/mol. The van der Waals surface area contributed by atoms with Gasteiger partial charge in [-0.1, -0.05) is 0 Å². The van der Waals surface area contributed by atoms with Gasteiger partial charge in [0.15, 0.2) is 13.2 Å². The predicted octanol–water partition coefficient (Wildman–Crippen LogP) is 0.496. The fourth-order valence-electron chi connectivity index (χ4n) is 0.711. The fourth-order valence-corrected chi connectivity index (χ4v) is 0.711. The molecular formula is C8H11O3+. The van der Waals surface area contributed by atoms with E-state index in [1.54, 1.807) is 24.3 Å². The molecule has 0 bridgehead atoms. The lowest BCUT2D eigenvalue weighted by Gasteiger charge is -2.01. The Bertz CT molecular complexity index is 205. The summed E-state index contributed by atoms with van der Waals surface area (Å²) in [6.45, 7) is 0.644. The van der Waals surface area contributed by atoms with Crippen molar-refractivity contribution in [3.63, 3.8) is 0 Å². The fraction of sp³-hybridized carbons (Fsp3) is 0.250. The molecule has 0 atom stereocenters. The maximum atomic E-state index is 8.89. The van der Waals surface area contributed by atoms with Gasteiger partial charge in [-0.3, -0.25) is 0 Å². The summed E-state index contributed by atoms with van der Waals surface area (Å²) in [7, 11) is 0. The lowest BCUT2D eigenvalue weighted by atomic mass is 10.3. The van der Waals surface area contributed by atoms with Gasteiger partial charge in [-0.05, 0) is 24.3 Å². The number of phenols is 1. The molecule has 0 amide bonds. The van der Waals surface area contributed by atoms with Crippen LogP contribution >= 0.6 is 0 Å². The van der Waals surface area contributed by atoms with E-state index in [0.29, 0.717) is 12.4 Å². The summed E-state index contributed by atoms with van der Waals surface area (Å²) in [5.74, 6) is 0.915. The van der Waals surface area contributed by atoms with E-state index < -0.39 is 0 Å². The van der Waals surface area contributed by atoms with Crippen LogP contribution in [-0.4, -0.2) is 23.4 Å². The van der Waals surface area contributed by atoms with E-state index in [1.165, 1.54) is 0 Å². The van der Waals surface area contributed by atoms with Gasteiger partial charge in [-0.25, -0.2) is 0 Å². The van der Waals surface area contributed by atoms with Gasteiger partial charge in [0.05, 0.1) is 0 Å². The van der Waals surface area contributed by atoms with Gasteiger partial charge in [-0.15, -0.1) is 0 Å². The monoisotopic (exact) mass is 155 g/mol. The van der Waals surface area contributed by atoms with Crippen LogP contribution in [0.1, 0.15) is 0 Å². The minimum Gasteiger partial charge on any atom is -0.508 e. The zero-order valence-corrected chi connectivity index (χ0v) is 6.08. The Morgan fingerprint density at radius 2 is 1.91 bits per heavy atom. The van der Waals surface area contributed by atoms with E-state index >= 15 is 0 Å². The van der Waals surface area contributed by atoms with E-state index in [-0.39, 0.29) is 12.4 Å². The molecule has 0 unspecified atom stereocenters. The van der Waals surface area contributed by atoms with Crippen molar-refractivity contribution in [3.05, 3.63) is 24.3 Å². The van der Waals surface area contributed by atoms with Gasteiger partial charge in [-0.2, -0.15) is 0 Å². The van der Waals surface area contributed by atoms with Crippen molar-refractivity contribution in [1.29, 1.82) is 0 Å². The molecule has 0 saturated carbocycles. The highest BCUT2D eigenvalue weighted by molar-refractivity contribution is 5.29. The minimum absolute atomic E-state index is 0.225. The third-order valence-corrected chi connectivity index (χ3v) is 1.21. The summed E-state index contributed by atoms with van der Waals surface area (Å²) in [5.41, 5.74) is 0. The molecule has 3 heteroatoms. The number of hydrogen-bond donors (Lipinski definition) is 1. The average Bonchev–Trinajstić information content (AvgIpc) is 2.04. The van der Waals surface area contributed by atoms with Crippen LogP contribution in [0.4, 0.5) is 0 Å². The van der Waals surface area contributed by atoms with Crippen LogP contribution in [0.25, 0.3) is 0 Å². The molecule has 0 aromatic heterocycles. The van der Waals surface area contributed by atoms with E-state index in [9.17, 15) is 0 Å². The van der Waals surface area contributed by atoms with Gasteiger partial charge >= 0.3 is 0 Å². The summed E-state index contributed by atoms with van der Waals surface area (Å²) in [6.07, 6.45) is 0. The van der Waals surface area contributed by atoms with Gasteiger partial charge in [0.2, 0.25) is 0 Å². The second-order valence-corrected chi connectivity index (χ2v) is 2.09. The third kappa shape index (κ3) is 2.47. The Balaban J connectivity index is 2.52. The van der Waals surface area contributed by atoms with Crippen molar-refractivity contribution in [2.75, 3.05) is 13.2 Å². The number of hydrogen-bond acceptors (Lipinski definition) is 2. The Hall–Kier alpha value is -1.22. The van der Waals surface area contributed by atoms with E-state index in [4.69, 9.17) is 14.9 Å². The molecule has 11 heavy (non-hydrogen) atoms. The molecule has 0 fully saturated rings. The molecule has 0 aliphatic rings. The minimum atomic E-state index is 0.225. The van der Waals surface area contributed by atoms with E-state index in [2.05, 4.69) is 0 Å². The first-order chi connectivity index (χ1) is 5.33. The second kappa shape index (κ2) is 3.83. The Kier molecular flexibility index (Phi) is 2.74. The second-order valence-electron chi connectivity index (χ2n) is 2.09. The van der Waals surface area contributed by atoms with Crippen LogP contribution < -0.4 is 4.74 Å². The first kappa shape index (κ1) is 7.88. The highest BCUT2D eigenvalue weighted by atomic mass is 16.5. The van der Waals surface area contributed by atoms with Crippen LogP contribution in [0.3, 0.4) is 0 Å². The number of ether oxygens (including phenoxy) is 1. The number of benzene rings is 1.